The van der Waals surface area contributed by atoms with Crippen LogP contribution in [0.25, 0.3) is 0 Å². The van der Waals surface area contributed by atoms with E-state index in [0.717, 1.165) is 16.9 Å². The van der Waals surface area contributed by atoms with Crippen molar-refractivity contribution < 1.29 is 18.9 Å². The molecule has 28 heavy (non-hydrogen) atoms. The van der Waals surface area contributed by atoms with Crippen molar-refractivity contribution in [2.75, 3.05) is 21.3 Å². The van der Waals surface area contributed by atoms with Gasteiger partial charge in [0.25, 0.3) is 0 Å². The predicted octanol–water partition coefficient (Wildman–Crippen LogP) is 2.82. The van der Waals surface area contributed by atoms with Gasteiger partial charge in [-0.2, -0.15) is 5.10 Å². The lowest BCUT2D eigenvalue weighted by Crippen LogP contribution is -2.03. The molecule has 0 unspecified atom stereocenters. The summed E-state index contributed by atoms with van der Waals surface area (Å²) in [6.07, 6.45) is 5.08. The highest BCUT2D eigenvalue weighted by atomic mass is 16.5. The number of methoxy groups -OCH3 is 3. The number of ether oxygens (including phenoxy) is 4. The number of aromatic nitrogens is 3. The van der Waals surface area contributed by atoms with E-state index in [2.05, 4.69) is 21.9 Å². The van der Waals surface area contributed by atoms with Crippen LogP contribution < -0.4 is 18.9 Å². The second-order valence-electron chi connectivity index (χ2n) is 5.83. The molecule has 0 fully saturated rings. The van der Waals surface area contributed by atoms with Crippen molar-refractivity contribution >= 4 is 0 Å². The van der Waals surface area contributed by atoms with Gasteiger partial charge in [0, 0.05) is 13.2 Å². The summed E-state index contributed by atoms with van der Waals surface area (Å²) >= 11 is 0. The minimum Gasteiger partial charge on any atom is -0.497 e. The average Bonchev–Trinajstić information content (AvgIpc) is 3.15. The Kier molecular flexibility index (Phi) is 6.02. The molecule has 0 aliphatic carbocycles. The van der Waals surface area contributed by atoms with Crippen LogP contribution in [0.4, 0.5) is 0 Å². The number of hydrogen-bond donors (Lipinski definition) is 0. The molecule has 1 aromatic carbocycles. The van der Waals surface area contributed by atoms with Gasteiger partial charge in [-0.05, 0) is 23.6 Å². The van der Waals surface area contributed by atoms with Gasteiger partial charge in [0.2, 0.25) is 5.75 Å². The van der Waals surface area contributed by atoms with Crippen molar-refractivity contribution in [2.24, 2.45) is 7.05 Å². The summed E-state index contributed by atoms with van der Waals surface area (Å²) in [6, 6.07) is 7.62. The molecule has 0 bridgehead atoms. The quantitative estimate of drug-likeness (QED) is 0.614. The fourth-order valence-electron chi connectivity index (χ4n) is 2.51. The molecule has 7 nitrogen and oxygen atoms in total. The first-order chi connectivity index (χ1) is 13.6. The smallest absolute Gasteiger partial charge is 0.208 e. The van der Waals surface area contributed by atoms with Crippen LogP contribution in [0.5, 0.6) is 23.0 Å². The number of rotatable bonds is 6. The lowest BCUT2D eigenvalue weighted by Gasteiger charge is -2.15. The van der Waals surface area contributed by atoms with Gasteiger partial charge in [-0.25, -0.2) is 4.98 Å². The fourth-order valence-corrected chi connectivity index (χ4v) is 2.51. The normalized spacial score (nSPS) is 10.0. The molecule has 2 aromatic heterocycles. The van der Waals surface area contributed by atoms with Crippen molar-refractivity contribution in [3.05, 3.63) is 59.7 Å². The summed E-state index contributed by atoms with van der Waals surface area (Å²) in [6.45, 7) is 0.330. The van der Waals surface area contributed by atoms with Gasteiger partial charge in [-0.1, -0.05) is 18.1 Å². The summed E-state index contributed by atoms with van der Waals surface area (Å²) in [5, 5.41) is 4.10. The highest BCUT2D eigenvalue weighted by Gasteiger charge is 2.17. The van der Waals surface area contributed by atoms with E-state index in [9.17, 15) is 0 Å². The van der Waals surface area contributed by atoms with E-state index in [4.69, 9.17) is 18.9 Å². The first-order valence-corrected chi connectivity index (χ1v) is 8.52. The Hall–Kier alpha value is -3.66. The van der Waals surface area contributed by atoms with Gasteiger partial charge in [0.05, 0.1) is 39.3 Å². The highest BCUT2D eigenvalue weighted by Crippen LogP contribution is 2.39. The van der Waals surface area contributed by atoms with Gasteiger partial charge in [-0.3, -0.25) is 4.68 Å². The van der Waals surface area contributed by atoms with Crippen LogP contribution in [-0.4, -0.2) is 36.1 Å². The SMILES string of the molecule is COc1ccc(COc2c(OC)cnc(C#Cc3cnn(C)c3)c2OC)cc1. The van der Waals surface area contributed by atoms with Crippen molar-refractivity contribution in [2.45, 2.75) is 6.61 Å². The second kappa shape index (κ2) is 8.82. The van der Waals surface area contributed by atoms with Crippen molar-refractivity contribution in [3.63, 3.8) is 0 Å². The third-order valence-corrected chi connectivity index (χ3v) is 3.95. The van der Waals surface area contributed by atoms with Gasteiger partial charge in [-0.15, -0.1) is 0 Å². The summed E-state index contributed by atoms with van der Waals surface area (Å²) in [5.41, 5.74) is 2.21. The van der Waals surface area contributed by atoms with E-state index in [0.29, 0.717) is 29.5 Å². The highest BCUT2D eigenvalue weighted by molar-refractivity contribution is 5.58. The maximum Gasteiger partial charge on any atom is 0.208 e. The molecular formula is C21H21N3O4. The molecule has 3 aromatic rings. The van der Waals surface area contributed by atoms with Crippen LogP contribution in [0, 0.1) is 11.8 Å². The first-order valence-electron chi connectivity index (χ1n) is 8.52. The van der Waals surface area contributed by atoms with Gasteiger partial charge >= 0.3 is 0 Å². The van der Waals surface area contributed by atoms with Crippen LogP contribution in [-0.2, 0) is 13.7 Å². The van der Waals surface area contributed by atoms with E-state index in [1.807, 2.05) is 37.5 Å². The fraction of sp³-hybridized carbons (Fsp3) is 0.238. The van der Waals surface area contributed by atoms with Crippen molar-refractivity contribution in [3.8, 4) is 34.8 Å². The molecule has 144 valence electrons. The third kappa shape index (κ3) is 4.35. The standard InChI is InChI=1S/C21H21N3O4/c1-24-13-16(11-23-24)7-10-18-20(27-4)21(19(26-3)12-22-18)28-14-15-5-8-17(25-2)9-6-15/h5-6,8-9,11-13H,14H2,1-4H3. The van der Waals surface area contributed by atoms with Crippen LogP contribution in [0.3, 0.4) is 0 Å². The Labute approximate surface area is 163 Å². The largest absolute Gasteiger partial charge is 0.497 e. The summed E-state index contributed by atoms with van der Waals surface area (Å²) in [5.74, 6) is 8.16. The minimum absolute atomic E-state index is 0.330. The van der Waals surface area contributed by atoms with Crippen LogP contribution >= 0.6 is 0 Å². The Morgan fingerprint density at radius 2 is 1.71 bits per heavy atom. The minimum atomic E-state index is 0.330. The zero-order valence-corrected chi connectivity index (χ0v) is 16.2. The molecule has 3 rings (SSSR count). The molecule has 0 saturated heterocycles. The molecule has 0 atom stereocenters. The van der Waals surface area contributed by atoms with E-state index in [-0.39, 0.29) is 0 Å². The molecule has 0 amide bonds. The average molecular weight is 379 g/mol. The molecule has 0 aliphatic heterocycles. The molecule has 7 heteroatoms. The zero-order valence-electron chi connectivity index (χ0n) is 16.2. The summed E-state index contributed by atoms with van der Waals surface area (Å²) in [7, 11) is 6.57. The lowest BCUT2D eigenvalue weighted by molar-refractivity contribution is 0.264. The maximum atomic E-state index is 5.99. The number of nitrogens with zero attached hydrogens (tertiary/aromatic N) is 3. The van der Waals surface area contributed by atoms with Gasteiger partial charge in [0.1, 0.15) is 12.4 Å². The zero-order chi connectivity index (χ0) is 19.9. The van der Waals surface area contributed by atoms with E-state index < -0.39 is 0 Å². The summed E-state index contributed by atoms with van der Waals surface area (Å²) < 4.78 is 23.8. The second-order valence-corrected chi connectivity index (χ2v) is 5.83. The maximum absolute atomic E-state index is 5.99. The van der Waals surface area contributed by atoms with Crippen molar-refractivity contribution in [1.29, 1.82) is 0 Å². The Morgan fingerprint density at radius 1 is 0.929 bits per heavy atom. The summed E-state index contributed by atoms with van der Waals surface area (Å²) in [4.78, 5) is 4.33. The van der Waals surface area contributed by atoms with Gasteiger partial charge in [0.15, 0.2) is 17.2 Å². The number of benzene rings is 1. The van der Waals surface area contributed by atoms with Crippen molar-refractivity contribution in [1.82, 2.24) is 14.8 Å². The topological polar surface area (TPSA) is 67.6 Å². The molecule has 2 heterocycles. The molecule has 0 spiro atoms. The lowest BCUT2D eigenvalue weighted by atomic mass is 10.2. The molecule has 0 saturated carbocycles. The molecule has 0 N–H and O–H groups in total. The molecular weight excluding hydrogens is 358 g/mol. The van der Waals surface area contributed by atoms with Crippen LogP contribution in [0.1, 0.15) is 16.8 Å². The number of pyridine rings is 1. The number of aryl methyl sites for hydroxylation is 1. The monoisotopic (exact) mass is 379 g/mol. The molecule has 0 aliphatic rings. The predicted molar refractivity (Wildman–Crippen MR) is 104 cm³/mol. The first kappa shape index (κ1) is 19.1. The van der Waals surface area contributed by atoms with Crippen LogP contribution in [0.2, 0.25) is 0 Å². The molecule has 0 radical (unpaired) electrons. The Morgan fingerprint density at radius 3 is 2.32 bits per heavy atom. The van der Waals surface area contributed by atoms with Crippen LogP contribution in [0.15, 0.2) is 42.9 Å². The Bertz CT molecular complexity index is 1000. The van der Waals surface area contributed by atoms with E-state index in [1.54, 1.807) is 38.4 Å². The van der Waals surface area contributed by atoms with Gasteiger partial charge < -0.3 is 18.9 Å². The Balaban J connectivity index is 1.88. The number of hydrogen-bond acceptors (Lipinski definition) is 6. The van der Waals surface area contributed by atoms with E-state index >= 15 is 0 Å². The third-order valence-electron chi connectivity index (χ3n) is 3.95. The van der Waals surface area contributed by atoms with E-state index in [1.165, 1.54) is 0 Å².